The zero-order valence-corrected chi connectivity index (χ0v) is 24.0. The van der Waals surface area contributed by atoms with Gasteiger partial charge in [-0.2, -0.15) is 0 Å². The Kier molecular flexibility index (Phi) is 8.74. The molecule has 212 valence electrons. The highest BCUT2D eigenvalue weighted by Crippen LogP contribution is 2.42. The number of sulfonamides is 1. The highest BCUT2D eigenvalue weighted by atomic mass is 32.2. The summed E-state index contributed by atoms with van der Waals surface area (Å²) in [4.78, 5) is 29.1. The number of anilines is 1. The van der Waals surface area contributed by atoms with Crippen molar-refractivity contribution in [3.05, 3.63) is 72.3 Å². The molecule has 8 heteroatoms. The SMILES string of the molecule is CC[C@@H](C(=O)NC1CCCCC1)N(CCc1ccccc1)C(=O)CCCN1c2cccc3cccc(c23)S1(=O)=O. The molecular weight excluding hydrogens is 522 g/mol. The quantitative estimate of drug-likeness (QED) is 0.338. The first-order valence-corrected chi connectivity index (χ1v) is 16.0. The highest BCUT2D eigenvalue weighted by molar-refractivity contribution is 7.93. The standard InChI is InChI=1S/C32H39N3O4S/c1-2-27(32(37)33-26-16-7-4-8-17-26)34(23-21-24-12-5-3-6-13-24)30(36)20-11-22-35-28-18-9-14-25-15-10-19-29(31(25)28)40(35,38)39/h3,5-6,9-10,12-15,18-19,26-27H,2,4,7-8,11,16-17,20-23H2,1H3,(H,33,37)/t27-/m0/s1. The summed E-state index contributed by atoms with van der Waals surface area (Å²) in [6.45, 7) is 2.59. The topological polar surface area (TPSA) is 86.8 Å². The second-order valence-electron chi connectivity index (χ2n) is 10.9. The van der Waals surface area contributed by atoms with Crippen LogP contribution in [0.2, 0.25) is 0 Å². The fraction of sp³-hybridized carbons (Fsp3) is 0.438. The smallest absolute Gasteiger partial charge is 0.265 e. The average molecular weight is 562 g/mol. The first-order chi connectivity index (χ1) is 19.4. The number of hydrogen-bond acceptors (Lipinski definition) is 4. The van der Waals surface area contributed by atoms with Crippen molar-refractivity contribution in [3.8, 4) is 0 Å². The van der Waals surface area contributed by atoms with Crippen LogP contribution in [0, 0.1) is 0 Å². The van der Waals surface area contributed by atoms with Crippen molar-refractivity contribution in [2.24, 2.45) is 0 Å². The van der Waals surface area contributed by atoms with E-state index in [1.807, 2.05) is 61.5 Å². The number of rotatable bonds is 11. The van der Waals surface area contributed by atoms with Crippen LogP contribution in [0.1, 0.15) is 63.9 Å². The molecule has 2 amide bonds. The molecule has 0 bridgehead atoms. The van der Waals surface area contributed by atoms with Gasteiger partial charge in [-0.25, -0.2) is 8.42 Å². The van der Waals surface area contributed by atoms with Gasteiger partial charge >= 0.3 is 0 Å². The van der Waals surface area contributed by atoms with Gasteiger partial charge in [-0.1, -0.05) is 80.8 Å². The maximum atomic E-state index is 13.7. The van der Waals surface area contributed by atoms with Crippen LogP contribution in [-0.2, 0) is 26.0 Å². The van der Waals surface area contributed by atoms with Gasteiger partial charge in [-0.3, -0.25) is 13.9 Å². The van der Waals surface area contributed by atoms with Crippen LogP contribution in [0.4, 0.5) is 5.69 Å². The summed E-state index contributed by atoms with van der Waals surface area (Å²) in [6.07, 6.45) is 7.13. The molecule has 3 aromatic carbocycles. The third kappa shape index (κ3) is 5.87. The van der Waals surface area contributed by atoms with Crippen molar-refractivity contribution in [2.45, 2.75) is 81.7 Å². The number of carbonyl (C=O) groups excluding carboxylic acids is 2. The summed E-state index contributed by atoms with van der Waals surface area (Å²) in [5.41, 5.74) is 1.77. The predicted molar refractivity (Wildman–Crippen MR) is 159 cm³/mol. The van der Waals surface area contributed by atoms with Gasteiger partial charge in [-0.15, -0.1) is 0 Å². The zero-order chi connectivity index (χ0) is 28.1. The molecule has 1 N–H and O–H groups in total. The summed E-state index contributed by atoms with van der Waals surface area (Å²) in [6, 6.07) is 20.5. The Morgan fingerprint density at radius 3 is 2.42 bits per heavy atom. The van der Waals surface area contributed by atoms with Crippen LogP contribution in [0.25, 0.3) is 10.8 Å². The van der Waals surface area contributed by atoms with E-state index in [2.05, 4.69) is 5.32 Å². The second-order valence-corrected chi connectivity index (χ2v) is 12.7. The lowest BCUT2D eigenvalue weighted by atomic mass is 9.95. The number of carbonyl (C=O) groups is 2. The molecule has 1 fully saturated rings. The second kappa shape index (κ2) is 12.4. The van der Waals surface area contributed by atoms with Crippen LogP contribution >= 0.6 is 0 Å². The summed E-state index contributed by atoms with van der Waals surface area (Å²) >= 11 is 0. The molecule has 0 saturated heterocycles. The molecule has 1 heterocycles. The maximum absolute atomic E-state index is 13.7. The lowest BCUT2D eigenvalue weighted by Crippen LogP contribution is -2.52. The summed E-state index contributed by atoms with van der Waals surface area (Å²) in [5.74, 6) is -0.200. The van der Waals surface area contributed by atoms with E-state index in [0.717, 1.165) is 42.0 Å². The van der Waals surface area contributed by atoms with E-state index in [9.17, 15) is 18.0 Å². The number of benzene rings is 3. The van der Waals surface area contributed by atoms with E-state index in [0.29, 0.717) is 36.4 Å². The Labute approximate surface area is 237 Å². The molecule has 1 atom stereocenters. The van der Waals surface area contributed by atoms with Gasteiger partial charge in [0.1, 0.15) is 6.04 Å². The van der Waals surface area contributed by atoms with Crippen molar-refractivity contribution in [3.63, 3.8) is 0 Å². The lowest BCUT2D eigenvalue weighted by molar-refractivity contribution is -0.141. The van der Waals surface area contributed by atoms with Gasteiger partial charge in [0.15, 0.2) is 0 Å². The molecule has 1 aliphatic heterocycles. The van der Waals surface area contributed by atoms with E-state index in [-0.39, 0.29) is 30.8 Å². The summed E-state index contributed by atoms with van der Waals surface area (Å²) in [7, 11) is -3.67. The van der Waals surface area contributed by atoms with E-state index in [4.69, 9.17) is 0 Å². The minimum Gasteiger partial charge on any atom is -0.352 e. The highest BCUT2D eigenvalue weighted by Gasteiger charge is 2.36. The van der Waals surface area contributed by atoms with Crippen LogP contribution in [0.3, 0.4) is 0 Å². The summed E-state index contributed by atoms with van der Waals surface area (Å²) in [5, 5.41) is 4.85. The van der Waals surface area contributed by atoms with E-state index < -0.39 is 16.1 Å². The number of nitrogens with zero attached hydrogens (tertiary/aromatic N) is 2. The Bertz CT molecular complexity index is 1450. The Morgan fingerprint density at radius 2 is 1.70 bits per heavy atom. The van der Waals surface area contributed by atoms with Gasteiger partial charge < -0.3 is 10.2 Å². The third-order valence-electron chi connectivity index (χ3n) is 8.25. The molecule has 0 aromatic heterocycles. The molecule has 3 aromatic rings. The molecule has 5 rings (SSSR count). The molecule has 0 spiro atoms. The molecule has 0 radical (unpaired) electrons. The van der Waals surface area contributed by atoms with Gasteiger partial charge in [0.2, 0.25) is 11.8 Å². The lowest BCUT2D eigenvalue weighted by Gasteiger charge is -2.33. The largest absolute Gasteiger partial charge is 0.352 e. The molecule has 2 aliphatic rings. The van der Waals surface area contributed by atoms with E-state index in [1.165, 1.54) is 10.7 Å². The maximum Gasteiger partial charge on any atom is 0.265 e. The van der Waals surface area contributed by atoms with Crippen molar-refractivity contribution in [1.82, 2.24) is 10.2 Å². The molecule has 0 unspecified atom stereocenters. The monoisotopic (exact) mass is 561 g/mol. The Hall–Kier alpha value is -3.39. The number of amides is 2. The zero-order valence-electron chi connectivity index (χ0n) is 23.2. The van der Waals surface area contributed by atoms with Crippen molar-refractivity contribution in [1.29, 1.82) is 0 Å². The first kappa shape index (κ1) is 28.1. The minimum absolute atomic E-state index is 0.0833. The fourth-order valence-electron chi connectivity index (χ4n) is 6.16. The molecule has 1 aliphatic carbocycles. The van der Waals surface area contributed by atoms with Gasteiger partial charge in [0, 0.05) is 30.9 Å². The van der Waals surface area contributed by atoms with Crippen molar-refractivity contribution >= 4 is 38.3 Å². The average Bonchev–Trinajstić information content (AvgIpc) is 3.19. The Balaban J connectivity index is 1.29. The number of nitrogens with one attached hydrogen (secondary N) is 1. The predicted octanol–water partition coefficient (Wildman–Crippen LogP) is 5.43. The molecule has 7 nitrogen and oxygen atoms in total. The van der Waals surface area contributed by atoms with Crippen LogP contribution < -0.4 is 9.62 Å². The van der Waals surface area contributed by atoms with Crippen molar-refractivity contribution in [2.75, 3.05) is 17.4 Å². The molecule has 40 heavy (non-hydrogen) atoms. The Morgan fingerprint density at radius 1 is 0.975 bits per heavy atom. The minimum atomic E-state index is -3.67. The van der Waals surface area contributed by atoms with Gasteiger partial charge in [0.25, 0.3) is 10.0 Å². The van der Waals surface area contributed by atoms with Crippen LogP contribution in [0.5, 0.6) is 0 Å². The van der Waals surface area contributed by atoms with Crippen LogP contribution in [0.15, 0.2) is 71.6 Å². The fourth-order valence-corrected chi connectivity index (χ4v) is 7.91. The summed E-state index contributed by atoms with van der Waals surface area (Å²) < 4.78 is 28.1. The number of hydrogen-bond donors (Lipinski definition) is 1. The molecular formula is C32H39N3O4S. The first-order valence-electron chi connectivity index (χ1n) is 14.6. The van der Waals surface area contributed by atoms with Crippen molar-refractivity contribution < 1.29 is 18.0 Å². The van der Waals surface area contributed by atoms with Gasteiger partial charge in [0.05, 0.1) is 10.6 Å². The van der Waals surface area contributed by atoms with E-state index >= 15 is 0 Å². The molecule has 1 saturated carbocycles. The van der Waals surface area contributed by atoms with E-state index in [1.54, 1.807) is 17.0 Å². The normalized spacial score (nSPS) is 17.1. The van der Waals surface area contributed by atoms with Gasteiger partial charge in [-0.05, 0) is 55.2 Å². The third-order valence-corrected chi connectivity index (χ3v) is 10.1. The van der Waals surface area contributed by atoms with Crippen LogP contribution in [-0.4, -0.2) is 50.3 Å².